The van der Waals surface area contributed by atoms with Crippen molar-refractivity contribution in [3.05, 3.63) is 65.5 Å². The Bertz CT molecular complexity index is 567. The van der Waals surface area contributed by atoms with Gasteiger partial charge in [0.1, 0.15) is 0 Å². The number of rotatable bonds is 3. The number of hydrogen-bond acceptors (Lipinski definition) is 2. The average molecular weight is 259 g/mol. The third-order valence-corrected chi connectivity index (χ3v) is 2.59. The van der Waals surface area contributed by atoms with Crippen LogP contribution < -0.4 is 5.32 Å². The van der Waals surface area contributed by atoms with E-state index in [0.29, 0.717) is 10.7 Å². The molecule has 1 heterocycles. The lowest BCUT2D eigenvalue weighted by molar-refractivity contribution is -0.111. The van der Waals surface area contributed by atoms with Gasteiger partial charge in [0.05, 0.1) is 10.7 Å². The number of amides is 1. The SMILES string of the molecule is O=C(C=Cc1ccncc1)Nc1ccccc1Cl. The Labute approximate surface area is 110 Å². The van der Waals surface area contributed by atoms with Gasteiger partial charge in [0.2, 0.25) is 5.91 Å². The van der Waals surface area contributed by atoms with Crippen LogP contribution in [0, 0.1) is 0 Å². The van der Waals surface area contributed by atoms with Gasteiger partial charge < -0.3 is 5.32 Å². The summed E-state index contributed by atoms with van der Waals surface area (Å²) in [4.78, 5) is 15.6. The zero-order valence-corrected chi connectivity index (χ0v) is 10.3. The van der Waals surface area contributed by atoms with Crippen LogP contribution in [-0.2, 0) is 4.79 Å². The van der Waals surface area contributed by atoms with Gasteiger partial charge in [-0.05, 0) is 35.9 Å². The number of halogens is 1. The normalized spacial score (nSPS) is 10.5. The number of hydrogen-bond donors (Lipinski definition) is 1. The molecule has 0 unspecified atom stereocenters. The first-order valence-corrected chi connectivity index (χ1v) is 5.77. The Morgan fingerprint density at radius 2 is 1.89 bits per heavy atom. The van der Waals surface area contributed by atoms with Gasteiger partial charge in [-0.2, -0.15) is 0 Å². The Morgan fingerprint density at radius 3 is 2.61 bits per heavy atom. The summed E-state index contributed by atoms with van der Waals surface area (Å²) < 4.78 is 0. The number of anilines is 1. The number of nitrogens with one attached hydrogen (secondary N) is 1. The summed E-state index contributed by atoms with van der Waals surface area (Å²) in [5, 5.41) is 3.22. The summed E-state index contributed by atoms with van der Waals surface area (Å²) in [6, 6.07) is 10.7. The molecular formula is C14H11ClN2O. The largest absolute Gasteiger partial charge is 0.321 e. The van der Waals surface area contributed by atoms with Crippen LogP contribution in [0.4, 0.5) is 5.69 Å². The standard InChI is InChI=1S/C14H11ClN2O/c15-12-3-1-2-4-13(12)17-14(18)6-5-11-7-9-16-10-8-11/h1-10H,(H,17,18). The van der Waals surface area contributed by atoms with Crippen LogP contribution in [0.25, 0.3) is 6.08 Å². The first-order valence-electron chi connectivity index (χ1n) is 5.39. The highest BCUT2D eigenvalue weighted by Gasteiger charge is 2.01. The van der Waals surface area contributed by atoms with E-state index in [9.17, 15) is 4.79 Å². The van der Waals surface area contributed by atoms with Crippen molar-refractivity contribution in [2.45, 2.75) is 0 Å². The topological polar surface area (TPSA) is 42.0 Å². The number of carbonyl (C=O) groups is 1. The van der Waals surface area contributed by atoms with Crippen LogP contribution in [0.2, 0.25) is 5.02 Å². The lowest BCUT2D eigenvalue weighted by atomic mass is 10.2. The highest BCUT2D eigenvalue weighted by atomic mass is 35.5. The molecular weight excluding hydrogens is 248 g/mol. The van der Waals surface area contributed by atoms with E-state index in [1.165, 1.54) is 6.08 Å². The molecule has 4 heteroatoms. The maximum atomic E-state index is 11.7. The number of nitrogens with zero attached hydrogens (tertiary/aromatic N) is 1. The smallest absolute Gasteiger partial charge is 0.248 e. The fourth-order valence-corrected chi connectivity index (χ4v) is 1.57. The second-order valence-corrected chi connectivity index (χ2v) is 3.99. The lowest BCUT2D eigenvalue weighted by Crippen LogP contribution is -2.07. The maximum absolute atomic E-state index is 11.7. The molecule has 0 fully saturated rings. The summed E-state index contributed by atoms with van der Waals surface area (Å²) in [5.41, 5.74) is 1.52. The summed E-state index contributed by atoms with van der Waals surface area (Å²) in [6.07, 6.45) is 6.52. The Kier molecular flexibility index (Phi) is 4.10. The number of carbonyl (C=O) groups excluding carboxylic acids is 1. The second-order valence-electron chi connectivity index (χ2n) is 3.58. The van der Waals surface area contributed by atoms with Gasteiger partial charge in [-0.25, -0.2) is 0 Å². The van der Waals surface area contributed by atoms with Crippen LogP contribution >= 0.6 is 11.6 Å². The summed E-state index contributed by atoms with van der Waals surface area (Å²) in [5.74, 6) is -0.222. The van der Waals surface area contributed by atoms with Gasteiger partial charge in [0, 0.05) is 18.5 Å². The van der Waals surface area contributed by atoms with Crippen molar-refractivity contribution in [1.82, 2.24) is 4.98 Å². The molecule has 1 amide bonds. The molecule has 0 radical (unpaired) electrons. The zero-order valence-electron chi connectivity index (χ0n) is 9.51. The average Bonchev–Trinajstić information content (AvgIpc) is 2.40. The van der Waals surface area contributed by atoms with E-state index in [0.717, 1.165) is 5.56 Å². The van der Waals surface area contributed by atoms with Crippen LogP contribution in [0.15, 0.2) is 54.9 Å². The molecule has 0 aliphatic carbocycles. The van der Waals surface area contributed by atoms with Gasteiger partial charge in [-0.15, -0.1) is 0 Å². The highest BCUT2D eigenvalue weighted by molar-refractivity contribution is 6.33. The van der Waals surface area contributed by atoms with Crippen molar-refractivity contribution < 1.29 is 4.79 Å². The highest BCUT2D eigenvalue weighted by Crippen LogP contribution is 2.20. The molecule has 0 aliphatic heterocycles. The van der Waals surface area contributed by atoms with E-state index in [2.05, 4.69) is 10.3 Å². The van der Waals surface area contributed by atoms with E-state index in [1.54, 1.807) is 30.6 Å². The molecule has 1 aromatic carbocycles. The van der Waals surface area contributed by atoms with Gasteiger partial charge in [-0.3, -0.25) is 9.78 Å². The third kappa shape index (κ3) is 3.43. The Morgan fingerprint density at radius 1 is 1.17 bits per heavy atom. The minimum absolute atomic E-state index is 0.222. The molecule has 18 heavy (non-hydrogen) atoms. The molecule has 0 bridgehead atoms. The predicted molar refractivity (Wildman–Crippen MR) is 73.4 cm³/mol. The number of benzene rings is 1. The summed E-state index contributed by atoms with van der Waals surface area (Å²) in [7, 11) is 0. The van der Waals surface area contributed by atoms with Crippen LogP contribution in [0.5, 0.6) is 0 Å². The molecule has 1 N–H and O–H groups in total. The van der Waals surface area contributed by atoms with Gasteiger partial charge in [0.15, 0.2) is 0 Å². The van der Waals surface area contributed by atoms with E-state index in [4.69, 9.17) is 11.6 Å². The second kappa shape index (κ2) is 5.98. The minimum atomic E-state index is -0.222. The van der Waals surface area contributed by atoms with E-state index >= 15 is 0 Å². The van der Waals surface area contributed by atoms with Crippen molar-refractivity contribution in [1.29, 1.82) is 0 Å². The maximum Gasteiger partial charge on any atom is 0.248 e. The third-order valence-electron chi connectivity index (χ3n) is 2.26. The Balaban J connectivity index is 2.02. The van der Waals surface area contributed by atoms with E-state index < -0.39 is 0 Å². The lowest BCUT2D eigenvalue weighted by Gasteiger charge is -2.03. The molecule has 2 rings (SSSR count). The summed E-state index contributed by atoms with van der Waals surface area (Å²) >= 11 is 5.94. The number of para-hydroxylation sites is 1. The molecule has 2 aromatic rings. The van der Waals surface area contributed by atoms with Crippen LogP contribution in [0.1, 0.15) is 5.56 Å². The molecule has 0 saturated heterocycles. The van der Waals surface area contributed by atoms with Crippen molar-refractivity contribution in [3.63, 3.8) is 0 Å². The molecule has 0 spiro atoms. The molecule has 0 saturated carbocycles. The molecule has 1 aromatic heterocycles. The van der Waals surface area contributed by atoms with Crippen LogP contribution in [0.3, 0.4) is 0 Å². The Hall–Kier alpha value is -2.13. The number of pyridine rings is 1. The van der Waals surface area contributed by atoms with Crippen LogP contribution in [-0.4, -0.2) is 10.9 Å². The van der Waals surface area contributed by atoms with Gasteiger partial charge in [0.25, 0.3) is 0 Å². The molecule has 90 valence electrons. The van der Waals surface area contributed by atoms with Crippen molar-refractivity contribution in [2.24, 2.45) is 0 Å². The fourth-order valence-electron chi connectivity index (χ4n) is 1.38. The molecule has 0 aliphatic rings. The van der Waals surface area contributed by atoms with Gasteiger partial charge in [-0.1, -0.05) is 23.7 Å². The van der Waals surface area contributed by atoms with Gasteiger partial charge >= 0.3 is 0 Å². The van der Waals surface area contributed by atoms with Crippen molar-refractivity contribution >= 4 is 29.3 Å². The summed E-state index contributed by atoms with van der Waals surface area (Å²) in [6.45, 7) is 0. The van der Waals surface area contributed by atoms with Crippen molar-refractivity contribution in [2.75, 3.05) is 5.32 Å². The van der Waals surface area contributed by atoms with E-state index in [-0.39, 0.29) is 5.91 Å². The first kappa shape index (κ1) is 12.3. The fraction of sp³-hybridized carbons (Fsp3) is 0. The quantitative estimate of drug-likeness (QED) is 0.858. The number of aromatic nitrogens is 1. The first-order chi connectivity index (χ1) is 8.75. The van der Waals surface area contributed by atoms with E-state index in [1.807, 2.05) is 24.3 Å². The monoisotopic (exact) mass is 258 g/mol. The van der Waals surface area contributed by atoms with Crippen molar-refractivity contribution in [3.8, 4) is 0 Å². The molecule has 3 nitrogen and oxygen atoms in total. The zero-order chi connectivity index (χ0) is 12.8. The molecule has 0 atom stereocenters. The minimum Gasteiger partial charge on any atom is -0.321 e. The predicted octanol–water partition coefficient (Wildman–Crippen LogP) is 3.39.